The summed E-state index contributed by atoms with van der Waals surface area (Å²) in [4.78, 5) is 24.4. The second kappa shape index (κ2) is 8.97. The van der Waals surface area contributed by atoms with Gasteiger partial charge in [0.15, 0.2) is 0 Å². The van der Waals surface area contributed by atoms with Gasteiger partial charge in [0.1, 0.15) is 23.4 Å². The molecule has 0 aliphatic heterocycles. The number of ether oxygens (including phenoxy) is 2. The number of hydrogen-bond acceptors (Lipinski definition) is 6. The quantitative estimate of drug-likeness (QED) is 0.574. The van der Waals surface area contributed by atoms with Crippen molar-refractivity contribution in [2.75, 3.05) is 7.05 Å². The van der Waals surface area contributed by atoms with Gasteiger partial charge in [-0.2, -0.15) is 0 Å². The van der Waals surface area contributed by atoms with Crippen molar-refractivity contribution in [2.24, 2.45) is 5.73 Å². The molecule has 2 aromatic carbocycles. The summed E-state index contributed by atoms with van der Waals surface area (Å²) in [6.07, 6.45) is 0.677. The van der Waals surface area contributed by atoms with E-state index in [2.05, 4.69) is 5.32 Å². The number of nitrogens with two attached hydrogens (primary N) is 1. The predicted molar refractivity (Wildman–Crippen MR) is 105 cm³/mol. The molecule has 0 bridgehead atoms. The summed E-state index contributed by atoms with van der Waals surface area (Å²) in [5, 5.41) is 4.99. The molecule has 0 saturated heterocycles. The molecule has 0 fully saturated rings. The van der Waals surface area contributed by atoms with Crippen LogP contribution in [0.15, 0.2) is 42.5 Å². The van der Waals surface area contributed by atoms with Gasteiger partial charge < -0.3 is 20.5 Å². The minimum atomic E-state index is -0.784. The zero-order chi connectivity index (χ0) is 20.0. The monoisotopic (exact) mass is 372 g/mol. The first kappa shape index (κ1) is 20.9. The number of carbonyl (C=O) groups is 2. The summed E-state index contributed by atoms with van der Waals surface area (Å²) in [5.74, 6) is -0.403. The van der Waals surface area contributed by atoms with E-state index in [-0.39, 0.29) is 0 Å². The molecule has 0 aliphatic rings. The first-order valence-electron chi connectivity index (χ1n) is 9.06. The van der Waals surface area contributed by atoms with Crippen molar-refractivity contribution < 1.29 is 19.1 Å². The van der Waals surface area contributed by atoms with Crippen LogP contribution in [-0.2, 0) is 14.3 Å². The number of nitrogens with one attached hydrogen (secondary N) is 1. The molecule has 1 unspecified atom stereocenters. The Labute approximate surface area is 160 Å². The Kier molecular flexibility index (Phi) is 6.93. The molecule has 3 N–H and O–H groups in total. The second-order valence-electron chi connectivity index (χ2n) is 7.49. The maximum atomic E-state index is 12.4. The van der Waals surface area contributed by atoms with Crippen LogP contribution in [0.3, 0.4) is 0 Å². The number of carbonyl (C=O) groups excluding carboxylic acids is 2. The maximum Gasteiger partial charge on any atom is 0.328 e. The molecule has 2 rings (SSSR count). The minimum absolute atomic E-state index is 0.313. The van der Waals surface area contributed by atoms with Crippen LogP contribution in [0.5, 0.6) is 5.75 Å². The van der Waals surface area contributed by atoms with Crippen LogP contribution in [0.4, 0.5) is 0 Å². The van der Waals surface area contributed by atoms with Crippen LogP contribution in [-0.4, -0.2) is 36.7 Å². The summed E-state index contributed by atoms with van der Waals surface area (Å²) in [7, 11) is 1.67. The summed E-state index contributed by atoms with van der Waals surface area (Å²) in [6, 6.07) is 12.0. The van der Waals surface area contributed by atoms with Crippen molar-refractivity contribution >= 4 is 22.7 Å². The third-order valence-electron chi connectivity index (χ3n) is 4.05. The molecular formula is C21H28N2O4. The standard InChI is InChI=1S/C21H28N2O4/c1-21(2,3)27-19(24)17(22)11-12-18(23-4)20(25)26-16-10-9-14-7-5-6-8-15(14)13-16/h5-10,13,17-18,23H,11-12,22H2,1-4H3/t17?,18-/m0/s1. The average Bonchev–Trinajstić information content (AvgIpc) is 2.60. The van der Waals surface area contributed by atoms with E-state index in [0.717, 1.165) is 10.8 Å². The summed E-state index contributed by atoms with van der Waals surface area (Å²) in [6.45, 7) is 5.36. The highest BCUT2D eigenvalue weighted by atomic mass is 16.6. The summed E-state index contributed by atoms with van der Waals surface area (Å²) >= 11 is 0. The van der Waals surface area contributed by atoms with E-state index in [9.17, 15) is 9.59 Å². The van der Waals surface area contributed by atoms with Crippen molar-refractivity contribution in [3.8, 4) is 5.75 Å². The fraction of sp³-hybridized carbons (Fsp3) is 0.429. The molecule has 146 valence electrons. The molecule has 2 atom stereocenters. The molecule has 2 aromatic rings. The number of likely N-dealkylation sites (N-methyl/N-ethyl adjacent to an activating group) is 1. The van der Waals surface area contributed by atoms with E-state index < -0.39 is 29.6 Å². The zero-order valence-electron chi connectivity index (χ0n) is 16.3. The van der Waals surface area contributed by atoms with E-state index in [1.165, 1.54) is 0 Å². The Morgan fingerprint density at radius 3 is 2.33 bits per heavy atom. The third kappa shape index (κ3) is 6.34. The van der Waals surface area contributed by atoms with Crippen LogP contribution in [0.2, 0.25) is 0 Å². The Morgan fingerprint density at radius 1 is 1.04 bits per heavy atom. The van der Waals surface area contributed by atoms with Crippen molar-refractivity contribution in [1.29, 1.82) is 0 Å². The number of esters is 2. The third-order valence-corrected chi connectivity index (χ3v) is 4.05. The number of rotatable bonds is 7. The molecule has 0 saturated carbocycles. The van der Waals surface area contributed by atoms with Crippen molar-refractivity contribution in [2.45, 2.75) is 51.3 Å². The van der Waals surface area contributed by atoms with Crippen LogP contribution >= 0.6 is 0 Å². The van der Waals surface area contributed by atoms with E-state index in [4.69, 9.17) is 15.2 Å². The van der Waals surface area contributed by atoms with Gasteiger partial charge in [-0.05, 0) is 63.6 Å². The molecule has 6 nitrogen and oxygen atoms in total. The Morgan fingerprint density at radius 2 is 1.70 bits per heavy atom. The van der Waals surface area contributed by atoms with Gasteiger partial charge in [-0.25, -0.2) is 4.79 Å². The highest BCUT2D eigenvalue weighted by Gasteiger charge is 2.25. The van der Waals surface area contributed by atoms with E-state index >= 15 is 0 Å². The lowest BCUT2D eigenvalue weighted by Crippen LogP contribution is -2.41. The smallest absolute Gasteiger partial charge is 0.328 e. The summed E-state index contributed by atoms with van der Waals surface area (Å²) in [5.41, 5.74) is 5.30. The van der Waals surface area contributed by atoms with Gasteiger partial charge in [0, 0.05) is 0 Å². The molecule has 6 heteroatoms. The summed E-state index contributed by atoms with van der Waals surface area (Å²) < 4.78 is 10.8. The Hall–Kier alpha value is -2.44. The van der Waals surface area contributed by atoms with Crippen LogP contribution in [0, 0.1) is 0 Å². The normalized spacial score (nSPS) is 13.8. The fourth-order valence-corrected chi connectivity index (χ4v) is 2.64. The van der Waals surface area contributed by atoms with Crippen molar-refractivity contribution in [3.63, 3.8) is 0 Å². The van der Waals surface area contributed by atoms with Crippen molar-refractivity contribution in [1.82, 2.24) is 5.32 Å². The van der Waals surface area contributed by atoms with Crippen molar-refractivity contribution in [3.05, 3.63) is 42.5 Å². The van der Waals surface area contributed by atoms with Crippen LogP contribution in [0.1, 0.15) is 33.6 Å². The molecule has 27 heavy (non-hydrogen) atoms. The molecule has 0 aliphatic carbocycles. The maximum absolute atomic E-state index is 12.4. The lowest BCUT2D eigenvalue weighted by molar-refractivity contribution is -0.156. The van der Waals surface area contributed by atoms with Gasteiger partial charge >= 0.3 is 11.9 Å². The Bertz CT molecular complexity index is 798. The van der Waals surface area contributed by atoms with Gasteiger partial charge in [0.05, 0.1) is 0 Å². The first-order chi connectivity index (χ1) is 12.7. The van der Waals surface area contributed by atoms with Gasteiger partial charge in [-0.3, -0.25) is 4.79 Å². The van der Waals surface area contributed by atoms with Gasteiger partial charge in [-0.1, -0.05) is 30.3 Å². The molecule has 0 amide bonds. The predicted octanol–water partition coefficient (Wildman–Crippen LogP) is 2.78. The topological polar surface area (TPSA) is 90.6 Å². The molecule has 0 heterocycles. The Balaban J connectivity index is 1.93. The number of fused-ring (bicyclic) bond motifs is 1. The highest BCUT2D eigenvalue weighted by Crippen LogP contribution is 2.21. The largest absolute Gasteiger partial charge is 0.459 e. The van der Waals surface area contributed by atoms with Crippen LogP contribution < -0.4 is 15.8 Å². The lowest BCUT2D eigenvalue weighted by atomic mass is 10.1. The lowest BCUT2D eigenvalue weighted by Gasteiger charge is -2.23. The molecular weight excluding hydrogens is 344 g/mol. The van der Waals surface area contributed by atoms with E-state index in [1.54, 1.807) is 33.9 Å². The van der Waals surface area contributed by atoms with Crippen LogP contribution in [0.25, 0.3) is 10.8 Å². The average molecular weight is 372 g/mol. The first-order valence-corrected chi connectivity index (χ1v) is 9.06. The fourth-order valence-electron chi connectivity index (χ4n) is 2.64. The molecule has 0 spiro atoms. The minimum Gasteiger partial charge on any atom is -0.459 e. The molecule has 0 radical (unpaired) electrons. The van der Waals surface area contributed by atoms with Gasteiger partial charge in [0.25, 0.3) is 0 Å². The number of hydrogen-bond donors (Lipinski definition) is 2. The number of benzene rings is 2. The SMILES string of the molecule is CN[C@@H](CCC(N)C(=O)OC(C)(C)C)C(=O)Oc1ccc2ccccc2c1. The zero-order valence-corrected chi connectivity index (χ0v) is 16.3. The molecule has 0 aromatic heterocycles. The highest BCUT2D eigenvalue weighted by molar-refractivity contribution is 5.85. The second-order valence-corrected chi connectivity index (χ2v) is 7.49. The van der Waals surface area contributed by atoms with E-state index in [0.29, 0.717) is 18.6 Å². The van der Waals surface area contributed by atoms with Gasteiger partial charge in [-0.15, -0.1) is 0 Å². The van der Waals surface area contributed by atoms with Gasteiger partial charge in [0.2, 0.25) is 0 Å². The van der Waals surface area contributed by atoms with E-state index in [1.807, 2.05) is 36.4 Å².